The molecule has 210 valence electrons. The molecule has 39 heavy (non-hydrogen) atoms. The minimum absolute atomic E-state index is 0.0267. The van der Waals surface area contributed by atoms with E-state index < -0.39 is 17.1 Å². The second-order valence-electron chi connectivity index (χ2n) is 10.1. The zero-order chi connectivity index (χ0) is 27.8. The third kappa shape index (κ3) is 8.09. The lowest BCUT2D eigenvalue weighted by Gasteiger charge is -2.26. The Morgan fingerprint density at radius 2 is 1.77 bits per heavy atom. The Morgan fingerprint density at radius 3 is 2.41 bits per heavy atom. The van der Waals surface area contributed by atoms with E-state index >= 15 is 0 Å². The summed E-state index contributed by atoms with van der Waals surface area (Å²) in [4.78, 5) is 40.8. The Labute approximate surface area is 233 Å². The molecule has 1 unspecified atom stereocenters. The minimum Gasteiger partial charge on any atom is -0.497 e. The number of methoxy groups -OCH3 is 1. The summed E-state index contributed by atoms with van der Waals surface area (Å²) in [6.07, 6.45) is 2.35. The van der Waals surface area contributed by atoms with E-state index in [1.807, 2.05) is 31.2 Å². The maximum Gasteiger partial charge on any atom is 0.410 e. The molecule has 0 spiro atoms. The van der Waals surface area contributed by atoms with E-state index in [4.69, 9.17) is 9.47 Å². The lowest BCUT2D eigenvalue weighted by molar-refractivity contribution is -0.384. The molecule has 11 heteroatoms. The molecule has 10 nitrogen and oxygen atoms in total. The molecule has 0 bridgehead atoms. The number of thioether (sulfide) groups is 1. The predicted molar refractivity (Wildman–Crippen MR) is 150 cm³/mol. The van der Waals surface area contributed by atoms with Crippen LogP contribution in [0.4, 0.5) is 10.5 Å². The Bertz CT molecular complexity index is 1120. The lowest BCUT2D eigenvalue weighted by atomic mass is 10.2. The topological polar surface area (TPSA) is 114 Å². The van der Waals surface area contributed by atoms with Gasteiger partial charge < -0.3 is 19.7 Å². The molecule has 2 aromatic carbocycles. The molecule has 0 aromatic heterocycles. The monoisotopic (exact) mass is 556 g/mol. The molecule has 2 aliphatic heterocycles. The number of carbonyl (C=O) groups is 2. The second kappa shape index (κ2) is 13.7. The highest BCUT2D eigenvalue weighted by molar-refractivity contribution is 7.99. The van der Waals surface area contributed by atoms with Crippen molar-refractivity contribution in [2.24, 2.45) is 0 Å². The number of benzene rings is 2. The number of hydrogen-bond acceptors (Lipinski definition) is 8. The molecule has 2 aromatic rings. The van der Waals surface area contributed by atoms with Crippen LogP contribution in [0.3, 0.4) is 0 Å². The Hall–Kier alpha value is -3.31. The van der Waals surface area contributed by atoms with Crippen LogP contribution < -0.4 is 10.1 Å². The van der Waals surface area contributed by atoms with Crippen LogP contribution in [0.1, 0.15) is 37.3 Å². The van der Waals surface area contributed by atoms with E-state index in [2.05, 4.69) is 10.2 Å². The van der Waals surface area contributed by atoms with Crippen LogP contribution >= 0.6 is 11.8 Å². The van der Waals surface area contributed by atoms with Crippen molar-refractivity contribution in [1.82, 2.24) is 15.1 Å². The van der Waals surface area contributed by atoms with Crippen LogP contribution in [-0.4, -0.2) is 77.3 Å². The highest BCUT2D eigenvalue weighted by atomic mass is 32.2. The zero-order valence-corrected chi connectivity index (χ0v) is 23.2. The van der Waals surface area contributed by atoms with Crippen molar-refractivity contribution < 1.29 is 24.0 Å². The van der Waals surface area contributed by atoms with Crippen molar-refractivity contribution in [3.63, 3.8) is 0 Å². The van der Waals surface area contributed by atoms with E-state index in [1.165, 1.54) is 29.9 Å². The maximum absolute atomic E-state index is 13.3. The Balaban J connectivity index is 1.37. The van der Waals surface area contributed by atoms with Gasteiger partial charge in [0.05, 0.1) is 12.0 Å². The summed E-state index contributed by atoms with van der Waals surface area (Å²) in [5, 5.41) is 14.1. The predicted octanol–water partition coefficient (Wildman–Crippen LogP) is 4.22. The van der Waals surface area contributed by atoms with Gasteiger partial charge in [-0.25, -0.2) is 4.79 Å². The largest absolute Gasteiger partial charge is 0.497 e. The number of non-ortho nitro benzene ring substituents is 1. The lowest BCUT2D eigenvalue weighted by Crippen LogP contribution is -2.50. The van der Waals surface area contributed by atoms with Crippen LogP contribution in [0, 0.1) is 10.1 Å². The second-order valence-corrected chi connectivity index (χ2v) is 11.4. The molecular weight excluding hydrogens is 520 g/mol. The summed E-state index contributed by atoms with van der Waals surface area (Å²) in [7, 11) is 1.63. The molecule has 0 aliphatic carbocycles. The number of nitrogens with one attached hydrogen (secondary N) is 1. The van der Waals surface area contributed by atoms with Gasteiger partial charge in [-0.2, -0.15) is 11.8 Å². The van der Waals surface area contributed by atoms with Crippen molar-refractivity contribution in [2.75, 3.05) is 33.3 Å². The van der Waals surface area contributed by atoms with E-state index in [9.17, 15) is 19.7 Å². The number of amides is 2. The van der Waals surface area contributed by atoms with Crippen LogP contribution in [0.2, 0.25) is 0 Å². The van der Waals surface area contributed by atoms with Gasteiger partial charge in [-0.05, 0) is 74.7 Å². The summed E-state index contributed by atoms with van der Waals surface area (Å²) in [6.45, 7) is 5.26. The van der Waals surface area contributed by atoms with E-state index in [0.29, 0.717) is 18.5 Å². The number of carbonyl (C=O) groups excluding carboxylic acids is 2. The molecule has 2 aliphatic rings. The van der Waals surface area contributed by atoms with Crippen LogP contribution in [0.15, 0.2) is 48.5 Å². The van der Waals surface area contributed by atoms with Gasteiger partial charge in [-0.15, -0.1) is 0 Å². The van der Waals surface area contributed by atoms with Crippen molar-refractivity contribution in [2.45, 2.75) is 55.9 Å². The SMILES string of the molecule is COc1ccc(CS[C@H]2C[C@@H](C(=O)NC(C)CN3CCCC3)N(C(=O)OCc3ccc([N+](=O)[O-])cc3)C2)cc1. The van der Waals surface area contributed by atoms with E-state index in [0.717, 1.165) is 36.7 Å². The highest BCUT2D eigenvalue weighted by Gasteiger charge is 2.41. The summed E-state index contributed by atoms with van der Waals surface area (Å²) in [5.41, 5.74) is 1.75. The van der Waals surface area contributed by atoms with E-state index in [-0.39, 0.29) is 29.5 Å². The van der Waals surface area contributed by atoms with Gasteiger partial charge in [0.15, 0.2) is 0 Å². The molecule has 2 heterocycles. The first-order valence-corrected chi connectivity index (χ1v) is 14.3. The van der Waals surface area contributed by atoms with Crippen LogP contribution in [0.25, 0.3) is 0 Å². The quantitative estimate of drug-likeness (QED) is 0.323. The molecular formula is C28H36N4O6S. The van der Waals surface area contributed by atoms with Crippen molar-refractivity contribution in [3.8, 4) is 5.75 Å². The average molecular weight is 557 g/mol. The molecule has 3 atom stereocenters. The fourth-order valence-electron chi connectivity index (χ4n) is 4.98. The van der Waals surface area contributed by atoms with Gasteiger partial charge in [-0.1, -0.05) is 12.1 Å². The standard InChI is InChI=1S/C28H36N4O6S/c1-20(16-30-13-3-4-14-30)29-27(33)26-15-25(39-19-22-7-11-24(37-2)12-8-22)17-31(26)28(34)38-18-21-5-9-23(10-6-21)32(35)36/h5-12,20,25-26H,3-4,13-19H2,1-2H3,(H,29,33)/t20?,25-,26-/m0/s1. The molecule has 0 saturated carbocycles. The van der Waals surface area contributed by atoms with Gasteiger partial charge in [0.25, 0.3) is 5.69 Å². The van der Waals surface area contributed by atoms with Gasteiger partial charge in [0.2, 0.25) is 5.91 Å². The molecule has 2 amide bonds. The number of nitro groups is 1. The summed E-state index contributed by atoms with van der Waals surface area (Å²) in [6, 6.07) is 13.1. The fourth-order valence-corrected chi connectivity index (χ4v) is 6.19. The highest BCUT2D eigenvalue weighted by Crippen LogP contribution is 2.31. The Kier molecular flexibility index (Phi) is 10.0. The third-order valence-corrected chi connectivity index (χ3v) is 8.39. The van der Waals surface area contributed by atoms with Gasteiger partial charge in [0.1, 0.15) is 18.4 Å². The van der Waals surface area contributed by atoms with Gasteiger partial charge >= 0.3 is 6.09 Å². The normalized spacial score (nSPS) is 20.0. The number of nitro benzene ring substituents is 1. The van der Waals surface area contributed by atoms with E-state index in [1.54, 1.807) is 31.0 Å². The van der Waals surface area contributed by atoms with Crippen molar-refractivity contribution in [1.29, 1.82) is 0 Å². The molecule has 2 fully saturated rings. The molecule has 4 rings (SSSR count). The number of ether oxygens (including phenoxy) is 2. The number of rotatable bonds is 11. The van der Waals surface area contributed by atoms with Crippen molar-refractivity contribution in [3.05, 3.63) is 69.8 Å². The molecule has 0 radical (unpaired) electrons. The smallest absolute Gasteiger partial charge is 0.410 e. The van der Waals surface area contributed by atoms with Crippen LogP contribution in [-0.2, 0) is 21.9 Å². The average Bonchev–Trinajstić information content (AvgIpc) is 3.61. The molecule has 1 N–H and O–H groups in total. The van der Waals surface area contributed by atoms with Gasteiger partial charge in [-0.3, -0.25) is 19.8 Å². The number of likely N-dealkylation sites (tertiary alicyclic amines) is 2. The zero-order valence-electron chi connectivity index (χ0n) is 22.4. The molecule has 2 saturated heterocycles. The first kappa shape index (κ1) is 28.7. The third-order valence-electron chi connectivity index (χ3n) is 7.07. The van der Waals surface area contributed by atoms with Crippen molar-refractivity contribution >= 4 is 29.4 Å². The first-order valence-electron chi connectivity index (χ1n) is 13.3. The van der Waals surface area contributed by atoms with Gasteiger partial charge in [0, 0.05) is 42.3 Å². The Morgan fingerprint density at radius 1 is 1.10 bits per heavy atom. The number of hydrogen-bond donors (Lipinski definition) is 1. The summed E-state index contributed by atoms with van der Waals surface area (Å²) >= 11 is 1.71. The minimum atomic E-state index is -0.622. The number of nitrogens with zero attached hydrogens (tertiary/aromatic N) is 3. The van der Waals surface area contributed by atoms with Crippen LogP contribution in [0.5, 0.6) is 5.75 Å². The fraction of sp³-hybridized carbons (Fsp3) is 0.500. The summed E-state index contributed by atoms with van der Waals surface area (Å²) in [5.74, 6) is 1.38. The maximum atomic E-state index is 13.3. The first-order chi connectivity index (χ1) is 18.8. The summed E-state index contributed by atoms with van der Waals surface area (Å²) < 4.78 is 10.8.